The molecule has 1 saturated heterocycles. The van der Waals surface area contributed by atoms with Crippen molar-refractivity contribution in [2.45, 2.75) is 37.4 Å². The van der Waals surface area contributed by atoms with E-state index < -0.39 is 8.38 Å². The first-order chi connectivity index (χ1) is 7.26. The average Bonchev–Trinajstić information content (AvgIpc) is 2.31. The average molecular weight is 233 g/mol. The Labute approximate surface area is 92.1 Å². The van der Waals surface area contributed by atoms with Gasteiger partial charge in [0.1, 0.15) is 0 Å². The van der Waals surface area contributed by atoms with E-state index in [0.29, 0.717) is 0 Å². The van der Waals surface area contributed by atoms with E-state index in [9.17, 15) is 9.79 Å². The van der Waals surface area contributed by atoms with Crippen LogP contribution in [0.15, 0.2) is 0 Å². The highest BCUT2D eigenvalue weighted by atomic mass is 31.2. The van der Waals surface area contributed by atoms with Crippen LogP contribution in [0.5, 0.6) is 0 Å². The minimum Gasteiger partial charge on any atom is -0.379 e. The summed E-state index contributed by atoms with van der Waals surface area (Å²) in [5, 5.41) is -0.322. The van der Waals surface area contributed by atoms with Crippen LogP contribution in [0.2, 0.25) is 0 Å². The molecule has 0 unspecified atom stereocenters. The van der Waals surface area contributed by atoms with Gasteiger partial charge in [-0.05, 0) is 12.8 Å². The predicted octanol–water partition coefficient (Wildman–Crippen LogP) is 1.28. The first-order valence-corrected chi connectivity index (χ1v) is 7.01. The van der Waals surface area contributed by atoms with Gasteiger partial charge in [0.05, 0.1) is 18.5 Å². The van der Waals surface area contributed by atoms with Crippen LogP contribution in [0, 0.1) is 0 Å². The summed E-state index contributed by atoms with van der Waals surface area (Å²) >= 11 is 0. The van der Waals surface area contributed by atoms with Crippen LogP contribution < -0.4 is 0 Å². The Bertz CT molecular complexity index is 201. The highest BCUT2D eigenvalue weighted by molar-refractivity contribution is 7.46. The van der Waals surface area contributed by atoms with Crippen molar-refractivity contribution in [1.82, 2.24) is 4.90 Å². The zero-order valence-electron chi connectivity index (χ0n) is 9.06. The summed E-state index contributed by atoms with van der Waals surface area (Å²) in [5.74, 6) is 0. The topological polar surface area (TPSA) is 52.9 Å². The second-order valence-corrected chi connectivity index (χ2v) is 5.84. The first-order valence-electron chi connectivity index (χ1n) is 5.76. The van der Waals surface area contributed by atoms with Gasteiger partial charge in [0.15, 0.2) is 8.38 Å². The van der Waals surface area contributed by atoms with E-state index in [-0.39, 0.29) is 5.28 Å². The molecule has 1 aliphatic heterocycles. The van der Waals surface area contributed by atoms with Crippen molar-refractivity contribution in [1.29, 1.82) is 0 Å². The lowest BCUT2D eigenvalue weighted by Crippen LogP contribution is -2.53. The van der Waals surface area contributed by atoms with Crippen LogP contribution in [-0.2, 0) is 4.74 Å². The Morgan fingerprint density at radius 3 is 2.13 bits per heavy atom. The second-order valence-electron chi connectivity index (χ2n) is 4.43. The molecule has 2 aliphatic rings. The molecule has 15 heavy (non-hydrogen) atoms. The summed E-state index contributed by atoms with van der Waals surface area (Å²) in [6.45, 7) is 3.15. The van der Waals surface area contributed by atoms with Gasteiger partial charge in [-0.1, -0.05) is 19.3 Å². The zero-order valence-corrected chi connectivity index (χ0v) is 9.96. The molecule has 2 N–H and O–H groups in total. The molecule has 0 atom stereocenters. The van der Waals surface area contributed by atoms with E-state index in [1.165, 1.54) is 6.42 Å². The van der Waals surface area contributed by atoms with Gasteiger partial charge in [-0.3, -0.25) is 4.90 Å². The highest BCUT2D eigenvalue weighted by Gasteiger charge is 2.44. The molecule has 0 bridgehead atoms. The van der Waals surface area contributed by atoms with Gasteiger partial charge < -0.3 is 14.5 Å². The SMILES string of the molecule is OP(O)C1(N2CCOCC2)CCCCC1. The van der Waals surface area contributed by atoms with E-state index >= 15 is 0 Å². The largest absolute Gasteiger partial charge is 0.379 e. The number of ether oxygens (including phenoxy) is 1. The molecule has 0 radical (unpaired) electrons. The zero-order chi connectivity index (χ0) is 10.7. The molecule has 0 spiro atoms. The highest BCUT2D eigenvalue weighted by Crippen LogP contribution is 2.53. The lowest BCUT2D eigenvalue weighted by molar-refractivity contribution is -0.00983. The Morgan fingerprint density at radius 2 is 1.60 bits per heavy atom. The van der Waals surface area contributed by atoms with Crippen molar-refractivity contribution in [3.8, 4) is 0 Å². The van der Waals surface area contributed by atoms with Crippen molar-refractivity contribution < 1.29 is 14.5 Å². The Hall–Kier alpha value is 0.270. The molecule has 1 heterocycles. The van der Waals surface area contributed by atoms with Gasteiger partial charge >= 0.3 is 0 Å². The van der Waals surface area contributed by atoms with E-state index in [1.807, 2.05) is 0 Å². The van der Waals surface area contributed by atoms with E-state index in [0.717, 1.165) is 52.0 Å². The molecule has 5 heteroatoms. The number of hydrogen-bond donors (Lipinski definition) is 2. The van der Waals surface area contributed by atoms with Crippen LogP contribution in [0.1, 0.15) is 32.1 Å². The van der Waals surface area contributed by atoms with E-state index in [4.69, 9.17) is 4.74 Å². The number of nitrogens with zero attached hydrogens (tertiary/aromatic N) is 1. The summed E-state index contributed by atoms with van der Waals surface area (Å²) in [7, 11) is -1.86. The maximum absolute atomic E-state index is 9.72. The number of rotatable bonds is 2. The number of hydrogen-bond acceptors (Lipinski definition) is 4. The number of morpholine rings is 1. The molecule has 0 amide bonds. The van der Waals surface area contributed by atoms with Gasteiger partial charge in [-0.2, -0.15) is 0 Å². The molecular weight excluding hydrogens is 213 g/mol. The molecule has 2 rings (SSSR count). The minimum atomic E-state index is -1.86. The van der Waals surface area contributed by atoms with Crippen LogP contribution in [-0.4, -0.2) is 46.3 Å². The van der Waals surface area contributed by atoms with Crippen LogP contribution in [0.25, 0.3) is 0 Å². The van der Waals surface area contributed by atoms with Crippen molar-refractivity contribution in [2.75, 3.05) is 26.3 Å². The minimum absolute atomic E-state index is 0.322. The Kier molecular flexibility index (Phi) is 3.97. The standard InChI is InChI=1S/C10H20NO3P/c12-15(13)10(4-2-1-3-5-10)11-6-8-14-9-7-11/h12-13H,1-9H2. The fraction of sp³-hybridized carbons (Fsp3) is 1.00. The van der Waals surface area contributed by atoms with Crippen LogP contribution in [0.3, 0.4) is 0 Å². The third kappa shape index (κ3) is 2.34. The normalized spacial score (nSPS) is 28.2. The van der Waals surface area contributed by atoms with Gasteiger partial charge in [0.25, 0.3) is 0 Å². The van der Waals surface area contributed by atoms with Crippen molar-refractivity contribution in [2.24, 2.45) is 0 Å². The predicted molar refractivity (Wildman–Crippen MR) is 59.6 cm³/mol. The summed E-state index contributed by atoms with van der Waals surface area (Å²) in [6, 6.07) is 0. The van der Waals surface area contributed by atoms with E-state index in [1.54, 1.807) is 0 Å². The Morgan fingerprint density at radius 1 is 1.00 bits per heavy atom. The summed E-state index contributed by atoms with van der Waals surface area (Å²) in [5.41, 5.74) is 0. The van der Waals surface area contributed by atoms with Crippen molar-refractivity contribution >= 4 is 8.38 Å². The lowest BCUT2D eigenvalue weighted by Gasteiger charge is -2.48. The molecule has 88 valence electrons. The smallest absolute Gasteiger partial charge is 0.186 e. The van der Waals surface area contributed by atoms with Gasteiger partial charge in [0.2, 0.25) is 0 Å². The van der Waals surface area contributed by atoms with Gasteiger partial charge in [-0.15, -0.1) is 0 Å². The molecule has 1 aliphatic carbocycles. The maximum Gasteiger partial charge on any atom is 0.186 e. The maximum atomic E-state index is 9.72. The van der Waals surface area contributed by atoms with Gasteiger partial charge in [-0.25, -0.2) is 0 Å². The second kappa shape index (κ2) is 5.07. The van der Waals surface area contributed by atoms with Crippen molar-refractivity contribution in [3.63, 3.8) is 0 Å². The molecule has 0 aromatic rings. The third-order valence-corrected chi connectivity index (χ3v) is 5.10. The molecule has 4 nitrogen and oxygen atoms in total. The molecule has 0 aromatic heterocycles. The summed E-state index contributed by atoms with van der Waals surface area (Å²) in [6.07, 6.45) is 5.35. The first kappa shape index (κ1) is 11.7. The third-order valence-electron chi connectivity index (χ3n) is 3.63. The monoisotopic (exact) mass is 233 g/mol. The summed E-state index contributed by atoms with van der Waals surface area (Å²) in [4.78, 5) is 21.7. The van der Waals surface area contributed by atoms with Gasteiger partial charge in [0, 0.05) is 13.1 Å². The van der Waals surface area contributed by atoms with E-state index in [2.05, 4.69) is 4.90 Å². The van der Waals surface area contributed by atoms with Crippen molar-refractivity contribution in [3.05, 3.63) is 0 Å². The quantitative estimate of drug-likeness (QED) is 0.705. The van der Waals surface area contributed by atoms with Crippen LogP contribution >= 0.6 is 8.38 Å². The molecule has 0 aromatic carbocycles. The summed E-state index contributed by atoms with van der Waals surface area (Å²) < 4.78 is 5.32. The molecular formula is C10H20NO3P. The Balaban J connectivity index is 2.09. The fourth-order valence-electron chi connectivity index (χ4n) is 2.74. The van der Waals surface area contributed by atoms with Crippen LogP contribution in [0.4, 0.5) is 0 Å². The fourth-order valence-corrected chi connectivity index (χ4v) is 3.91. The molecule has 1 saturated carbocycles. The molecule has 2 fully saturated rings. The lowest BCUT2D eigenvalue weighted by atomic mass is 9.93.